The highest BCUT2D eigenvalue weighted by molar-refractivity contribution is 6.04. The van der Waals surface area contributed by atoms with Crippen molar-refractivity contribution in [3.63, 3.8) is 0 Å². The molecule has 1 heteroatoms. The van der Waals surface area contributed by atoms with Crippen molar-refractivity contribution in [3.05, 3.63) is 212 Å². The van der Waals surface area contributed by atoms with E-state index in [9.17, 15) is 0 Å². The highest BCUT2D eigenvalue weighted by Crippen LogP contribution is 2.45. The number of nitrogens with zero attached hydrogens (tertiary/aromatic N) is 1. The lowest BCUT2D eigenvalue weighted by atomic mass is 9.89. The van der Waals surface area contributed by atoms with Crippen molar-refractivity contribution in [2.75, 3.05) is 4.90 Å². The minimum atomic E-state index is 1.10. The van der Waals surface area contributed by atoms with Crippen LogP contribution in [-0.4, -0.2) is 0 Å². The standard InChI is InChI=1S/C50H35N/c1-4-14-36(15-5-1)43-28-33-49(48(35-43)39-19-8-3-9-20-39)51(45-31-24-37-16-10-11-22-42(37)34-45)44-29-25-41(26-30-44)50-46-23-13-12-21-40(46)27-32-47(50)38-17-6-2-7-18-38/h1-35H. The molecular weight excluding hydrogens is 615 g/mol. The molecule has 0 unspecified atom stereocenters. The smallest absolute Gasteiger partial charge is 0.0540 e. The van der Waals surface area contributed by atoms with Gasteiger partial charge in [0.15, 0.2) is 0 Å². The predicted octanol–water partition coefficient (Wildman–Crippen LogP) is 14.1. The van der Waals surface area contributed by atoms with Crippen molar-refractivity contribution in [2.45, 2.75) is 0 Å². The van der Waals surface area contributed by atoms with E-state index in [0.717, 1.165) is 17.1 Å². The molecular formula is C50H35N. The molecule has 0 amide bonds. The number of hydrogen-bond acceptors (Lipinski definition) is 1. The second-order valence-electron chi connectivity index (χ2n) is 13.0. The molecule has 1 nitrogen and oxygen atoms in total. The molecule has 0 aliphatic carbocycles. The Morgan fingerprint density at radius 2 is 0.804 bits per heavy atom. The van der Waals surface area contributed by atoms with Crippen LogP contribution in [0.1, 0.15) is 0 Å². The van der Waals surface area contributed by atoms with Crippen molar-refractivity contribution >= 4 is 38.6 Å². The van der Waals surface area contributed by atoms with Crippen LogP contribution in [0.3, 0.4) is 0 Å². The first-order valence-electron chi connectivity index (χ1n) is 17.5. The third-order valence-corrected chi connectivity index (χ3v) is 9.85. The summed E-state index contributed by atoms with van der Waals surface area (Å²) in [5.74, 6) is 0. The molecule has 51 heavy (non-hydrogen) atoms. The van der Waals surface area contributed by atoms with Crippen LogP contribution in [0.4, 0.5) is 17.1 Å². The topological polar surface area (TPSA) is 3.24 Å². The van der Waals surface area contributed by atoms with Crippen LogP contribution in [0.5, 0.6) is 0 Å². The molecule has 0 heterocycles. The summed E-state index contributed by atoms with van der Waals surface area (Å²) in [6, 6.07) is 76.7. The van der Waals surface area contributed by atoms with Gasteiger partial charge >= 0.3 is 0 Å². The predicted molar refractivity (Wildman–Crippen MR) is 218 cm³/mol. The minimum absolute atomic E-state index is 1.10. The fraction of sp³-hybridized carbons (Fsp3) is 0. The normalized spacial score (nSPS) is 11.1. The second-order valence-corrected chi connectivity index (χ2v) is 13.0. The Bertz CT molecular complexity index is 2610. The molecule has 0 radical (unpaired) electrons. The van der Waals surface area contributed by atoms with E-state index in [2.05, 4.69) is 217 Å². The molecule has 9 rings (SSSR count). The van der Waals surface area contributed by atoms with E-state index in [1.807, 2.05) is 0 Å². The minimum Gasteiger partial charge on any atom is -0.310 e. The highest BCUT2D eigenvalue weighted by Gasteiger charge is 2.20. The molecule has 9 aromatic carbocycles. The number of anilines is 3. The first-order chi connectivity index (χ1) is 25.3. The molecule has 0 saturated heterocycles. The zero-order valence-corrected chi connectivity index (χ0v) is 28.2. The summed E-state index contributed by atoms with van der Waals surface area (Å²) in [6.45, 7) is 0. The van der Waals surface area contributed by atoms with Crippen LogP contribution < -0.4 is 4.90 Å². The highest BCUT2D eigenvalue weighted by atomic mass is 15.1. The van der Waals surface area contributed by atoms with Gasteiger partial charge in [0.05, 0.1) is 5.69 Å². The van der Waals surface area contributed by atoms with Crippen LogP contribution in [0, 0.1) is 0 Å². The van der Waals surface area contributed by atoms with Gasteiger partial charge in [-0.1, -0.05) is 176 Å². The summed E-state index contributed by atoms with van der Waals surface area (Å²) in [5, 5.41) is 4.92. The second kappa shape index (κ2) is 13.3. The van der Waals surface area contributed by atoms with Crippen LogP contribution >= 0.6 is 0 Å². The Labute approximate surface area is 299 Å². The zero-order chi connectivity index (χ0) is 34.0. The molecule has 0 aliphatic heterocycles. The molecule has 0 atom stereocenters. The Hall–Kier alpha value is -6.70. The van der Waals surface area contributed by atoms with Gasteiger partial charge in [-0.25, -0.2) is 0 Å². The Morgan fingerprint density at radius 3 is 1.51 bits per heavy atom. The summed E-state index contributed by atoms with van der Waals surface area (Å²) in [5.41, 5.74) is 13.0. The monoisotopic (exact) mass is 649 g/mol. The van der Waals surface area contributed by atoms with E-state index < -0.39 is 0 Å². The fourth-order valence-electron chi connectivity index (χ4n) is 7.35. The van der Waals surface area contributed by atoms with Gasteiger partial charge in [0.1, 0.15) is 0 Å². The van der Waals surface area contributed by atoms with E-state index >= 15 is 0 Å². The molecule has 0 saturated carbocycles. The van der Waals surface area contributed by atoms with Gasteiger partial charge in [-0.3, -0.25) is 0 Å². The van der Waals surface area contributed by atoms with Crippen molar-refractivity contribution in [1.82, 2.24) is 0 Å². The van der Waals surface area contributed by atoms with Crippen molar-refractivity contribution in [1.29, 1.82) is 0 Å². The summed E-state index contributed by atoms with van der Waals surface area (Å²) in [6.07, 6.45) is 0. The summed E-state index contributed by atoms with van der Waals surface area (Å²) < 4.78 is 0. The van der Waals surface area contributed by atoms with Gasteiger partial charge in [0.2, 0.25) is 0 Å². The summed E-state index contributed by atoms with van der Waals surface area (Å²) in [7, 11) is 0. The SMILES string of the molecule is c1ccc(-c2ccc(N(c3ccc(-c4c(-c5ccccc5)ccc5ccccc45)cc3)c3ccc4ccccc4c3)c(-c3ccccc3)c2)cc1. The van der Waals surface area contributed by atoms with Crippen molar-refractivity contribution < 1.29 is 0 Å². The maximum absolute atomic E-state index is 2.41. The molecule has 240 valence electrons. The lowest BCUT2D eigenvalue weighted by Gasteiger charge is -2.29. The van der Waals surface area contributed by atoms with E-state index in [4.69, 9.17) is 0 Å². The lowest BCUT2D eigenvalue weighted by Crippen LogP contribution is -2.11. The molecule has 0 N–H and O–H groups in total. The Balaban J connectivity index is 1.25. The van der Waals surface area contributed by atoms with Gasteiger partial charge < -0.3 is 4.90 Å². The van der Waals surface area contributed by atoms with Gasteiger partial charge in [-0.05, 0) is 96.9 Å². The van der Waals surface area contributed by atoms with Crippen LogP contribution in [-0.2, 0) is 0 Å². The van der Waals surface area contributed by atoms with E-state index in [0.29, 0.717) is 0 Å². The number of rotatable bonds is 7. The maximum Gasteiger partial charge on any atom is 0.0540 e. The maximum atomic E-state index is 2.41. The Kier molecular flexibility index (Phi) is 7.92. The van der Waals surface area contributed by atoms with Gasteiger partial charge in [0, 0.05) is 16.9 Å². The van der Waals surface area contributed by atoms with Gasteiger partial charge in [-0.2, -0.15) is 0 Å². The van der Waals surface area contributed by atoms with Gasteiger partial charge in [-0.15, -0.1) is 0 Å². The average Bonchev–Trinajstić information content (AvgIpc) is 3.22. The molecule has 0 fully saturated rings. The largest absolute Gasteiger partial charge is 0.310 e. The molecule has 0 aromatic heterocycles. The number of fused-ring (bicyclic) bond motifs is 2. The average molecular weight is 650 g/mol. The van der Waals surface area contributed by atoms with E-state index in [1.54, 1.807) is 0 Å². The van der Waals surface area contributed by atoms with Crippen LogP contribution in [0.2, 0.25) is 0 Å². The summed E-state index contributed by atoms with van der Waals surface area (Å²) in [4.78, 5) is 2.41. The van der Waals surface area contributed by atoms with Crippen LogP contribution in [0.25, 0.3) is 66.1 Å². The molecule has 0 aliphatic rings. The Morgan fingerprint density at radius 1 is 0.275 bits per heavy atom. The zero-order valence-electron chi connectivity index (χ0n) is 28.2. The van der Waals surface area contributed by atoms with Crippen molar-refractivity contribution in [3.8, 4) is 44.5 Å². The first-order valence-corrected chi connectivity index (χ1v) is 17.5. The molecule has 0 bridgehead atoms. The van der Waals surface area contributed by atoms with E-state index in [1.165, 1.54) is 66.1 Å². The molecule has 9 aromatic rings. The lowest BCUT2D eigenvalue weighted by molar-refractivity contribution is 1.29. The van der Waals surface area contributed by atoms with Crippen LogP contribution in [0.15, 0.2) is 212 Å². The third-order valence-electron chi connectivity index (χ3n) is 9.85. The first kappa shape index (κ1) is 30.4. The van der Waals surface area contributed by atoms with Gasteiger partial charge in [0.25, 0.3) is 0 Å². The molecule has 0 spiro atoms. The summed E-state index contributed by atoms with van der Waals surface area (Å²) >= 11 is 0. The number of hydrogen-bond donors (Lipinski definition) is 0. The third kappa shape index (κ3) is 5.86. The van der Waals surface area contributed by atoms with E-state index in [-0.39, 0.29) is 0 Å². The quantitative estimate of drug-likeness (QED) is 0.166. The number of benzene rings is 9. The fourth-order valence-corrected chi connectivity index (χ4v) is 7.35. The van der Waals surface area contributed by atoms with Crippen molar-refractivity contribution in [2.24, 2.45) is 0 Å².